The molecular weight excluding hydrogens is 324 g/mol. The summed E-state index contributed by atoms with van der Waals surface area (Å²) in [6.07, 6.45) is 4.41. The number of hydrogen-bond acceptors (Lipinski definition) is 3. The van der Waals surface area contributed by atoms with E-state index in [1.807, 2.05) is 6.07 Å². The average Bonchev–Trinajstić information content (AvgIpc) is 2.99. The van der Waals surface area contributed by atoms with Crippen LogP contribution in [0.3, 0.4) is 0 Å². The number of hydrogen-bond donors (Lipinski definition) is 3. The van der Waals surface area contributed by atoms with E-state index in [-0.39, 0.29) is 23.7 Å². The smallest absolute Gasteiger partial charge is 0.272 e. The number of rotatable bonds is 4. The minimum Gasteiger partial charge on any atom is -0.350 e. The maximum absolute atomic E-state index is 12.6. The number of benzene rings is 1. The number of nitrogens with one attached hydrogen (secondary N) is 3. The van der Waals surface area contributed by atoms with Gasteiger partial charge >= 0.3 is 0 Å². The summed E-state index contributed by atoms with van der Waals surface area (Å²) in [5, 5.41) is 13.7. The largest absolute Gasteiger partial charge is 0.350 e. The zero-order chi connectivity index (χ0) is 15.7. The van der Waals surface area contributed by atoms with Crippen LogP contribution in [0, 0.1) is 0 Å². The van der Waals surface area contributed by atoms with Gasteiger partial charge in [0.1, 0.15) is 0 Å². The van der Waals surface area contributed by atoms with E-state index >= 15 is 0 Å². The molecule has 4 rings (SSSR count). The number of halogens is 1. The predicted molar refractivity (Wildman–Crippen MR) is 95.6 cm³/mol. The summed E-state index contributed by atoms with van der Waals surface area (Å²) in [6, 6.07) is 10.5. The molecule has 128 valence electrons. The highest BCUT2D eigenvalue weighted by Gasteiger charge is 2.39. The van der Waals surface area contributed by atoms with Crippen LogP contribution in [-0.4, -0.2) is 29.2 Å². The molecule has 0 atom stereocenters. The number of carbonyl (C=O) groups is 1. The Labute approximate surface area is 148 Å². The molecule has 1 fully saturated rings. The second-order valence-corrected chi connectivity index (χ2v) is 6.64. The van der Waals surface area contributed by atoms with Gasteiger partial charge in [0.05, 0.1) is 0 Å². The first-order valence-corrected chi connectivity index (χ1v) is 8.39. The van der Waals surface area contributed by atoms with Crippen LogP contribution in [0.25, 0.3) is 0 Å². The van der Waals surface area contributed by atoms with E-state index in [0.29, 0.717) is 12.2 Å². The summed E-state index contributed by atoms with van der Waals surface area (Å²) in [5.41, 5.74) is 4.10. The summed E-state index contributed by atoms with van der Waals surface area (Å²) in [4.78, 5) is 12.6. The Bertz CT molecular complexity index is 709. The Kier molecular flexibility index (Phi) is 4.92. The highest BCUT2D eigenvalue weighted by Crippen LogP contribution is 2.43. The second kappa shape index (κ2) is 6.95. The number of nitrogens with zero attached hydrogens (tertiary/aromatic N) is 1. The zero-order valence-electron chi connectivity index (χ0n) is 13.6. The molecule has 2 aromatic rings. The van der Waals surface area contributed by atoms with Crippen LogP contribution in [0.1, 0.15) is 46.6 Å². The molecule has 3 N–H and O–H groups in total. The standard InChI is InChI=1S/C18H22N4O.ClH/c23-17(16-14-11-19-10-7-15(14)21-22-16)20-12-18(8-4-9-18)13-5-2-1-3-6-13;/h1-3,5-6,19H,4,7-12H2,(H,20,23)(H,21,22);1H. The Balaban J connectivity index is 0.00000169. The Morgan fingerprint density at radius 3 is 2.75 bits per heavy atom. The van der Waals surface area contributed by atoms with Crippen LogP contribution in [0.5, 0.6) is 0 Å². The SMILES string of the molecule is Cl.O=C(NCC1(c2ccccc2)CCC1)c1n[nH]c2c1CNCC2. The molecule has 6 heteroatoms. The summed E-state index contributed by atoms with van der Waals surface area (Å²) in [7, 11) is 0. The maximum atomic E-state index is 12.6. The van der Waals surface area contributed by atoms with Gasteiger partial charge in [-0.1, -0.05) is 36.8 Å². The molecule has 0 bridgehead atoms. The van der Waals surface area contributed by atoms with Crippen LogP contribution in [0.2, 0.25) is 0 Å². The fraction of sp³-hybridized carbons (Fsp3) is 0.444. The molecule has 0 spiro atoms. The molecule has 1 saturated carbocycles. The summed E-state index contributed by atoms with van der Waals surface area (Å²) in [6.45, 7) is 2.34. The van der Waals surface area contributed by atoms with Crippen LogP contribution >= 0.6 is 12.4 Å². The number of fused-ring (bicyclic) bond motifs is 1. The molecule has 2 aliphatic rings. The van der Waals surface area contributed by atoms with Crippen molar-refractivity contribution >= 4 is 18.3 Å². The minimum absolute atomic E-state index is 0. The lowest BCUT2D eigenvalue weighted by Gasteiger charge is -2.42. The van der Waals surface area contributed by atoms with Crippen molar-refractivity contribution in [3.63, 3.8) is 0 Å². The molecule has 24 heavy (non-hydrogen) atoms. The first-order valence-electron chi connectivity index (χ1n) is 8.39. The third-order valence-electron chi connectivity index (χ3n) is 5.31. The predicted octanol–water partition coefficient (Wildman–Crippen LogP) is 2.33. The van der Waals surface area contributed by atoms with Crippen LogP contribution in [-0.2, 0) is 18.4 Å². The number of aromatic amines is 1. The lowest BCUT2D eigenvalue weighted by Crippen LogP contribution is -2.45. The molecule has 5 nitrogen and oxygen atoms in total. The van der Waals surface area contributed by atoms with E-state index in [4.69, 9.17) is 0 Å². The molecule has 0 saturated heterocycles. The number of carbonyl (C=O) groups excluding carboxylic acids is 1. The van der Waals surface area contributed by atoms with Gasteiger partial charge in [0.2, 0.25) is 0 Å². The molecule has 1 aliphatic heterocycles. The molecule has 1 aliphatic carbocycles. The molecular formula is C18H23ClN4O. The molecule has 0 unspecified atom stereocenters. The van der Waals surface area contributed by atoms with Crippen LogP contribution < -0.4 is 10.6 Å². The lowest BCUT2D eigenvalue weighted by atomic mass is 9.64. The van der Waals surface area contributed by atoms with Crippen molar-refractivity contribution in [2.75, 3.05) is 13.1 Å². The Morgan fingerprint density at radius 1 is 1.25 bits per heavy atom. The molecule has 1 aromatic heterocycles. The van der Waals surface area contributed by atoms with Gasteiger partial charge in [-0.05, 0) is 18.4 Å². The van der Waals surface area contributed by atoms with Gasteiger partial charge in [0.15, 0.2) is 5.69 Å². The lowest BCUT2D eigenvalue weighted by molar-refractivity contribution is 0.0921. The summed E-state index contributed by atoms with van der Waals surface area (Å²) >= 11 is 0. The first kappa shape index (κ1) is 17.0. The highest BCUT2D eigenvalue weighted by atomic mass is 35.5. The molecule has 1 amide bonds. The number of aromatic nitrogens is 2. The minimum atomic E-state index is -0.0617. The topological polar surface area (TPSA) is 69.8 Å². The second-order valence-electron chi connectivity index (χ2n) is 6.64. The van der Waals surface area contributed by atoms with Crippen molar-refractivity contribution < 1.29 is 4.79 Å². The van der Waals surface area contributed by atoms with Gasteiger partial charge < -0.3 is 10.6 Å². The molecule has 1 aromatic carbocycles. The fourth-order valence-electron chi connectivity index (χ4n) is 3.71. The van der Waals surface area contributed by atoms with E-state index in [0.717, 1.165) is 43.6 Å². The normalized spacial score (nSPS) is 18.0. The highest BCUT2D eigenvalue weighted by molar-refractivity contribution is 5.94. The van der Waals surface area contributed by atoms with Gasteiger partial charge in [0.25, 0.3) is 5.91 Å². The van der Waals surface area contributed by atoms with E-state index in [1.54, 1.807) is 0 Å². The van der Waals surface area contributed by atoms with Gasteiger partial charge in [-0.2, -0.15) is 5.10 Å². The molecule has 2 heterocycles. The van der Waals surface area contributed by atoms with Crippen molar-refractivity contribution in [3.8, 4) is 0 Å². The van der Waals surface area contributed by atoms with E-state index in [9.17, 15) is 4.79 Å². The Morgan fingerprint density at radius 2 is 2.04 bits per heavy atom. The summed E-state index contributed by atoms with van der Waals surface area (Å²) < 4.78 is 0. The van der Waals surface area contributed by atoms with Crippen molar-refractivity contribution in [2.24, 2.45) is 0 Å². The molecule has 0 radical (unpaired) electrons. The van der Waals surface area contributed by atoms with Crippen molar-refractivity contribution in [1.29, 1.82) is 0 Å². The zero-order valence-corrected chi connectivity index (χ0v) is 14.4. The monoisotopic (exact) mass is 346 g/mol. The van der Waals surface area contributed by atoms with Gasteiger partial charge in [-0.25, -0.2) is 0 Å². The van der Waals surface area contributed by atoms with Crippen LogP contribution in [0.4, 0.5) is 0 Å². The maximum Gasteiger partial charge on any atom is 0.272 e. The van der Waals surface area contributed by atoms with Gasteiger partial charge in [-0.3, -0.25) is 9.89 Å². The summed E-state index contributed by atoms with van der Waals surface area (Å²) in [5.74, 6) is -0.0617. The van der Waals surface area contributed by atoms with E-state index < -0.39 is 0 Å². The number of H-pyrrole nitrogens is 1. The van der Waals surface area contributed by atoms with Crippen molar-refractivity contribution in [2.45, 2.75) is 37.6 Å². The van der Waals surface area contributed by atoms with Crippen LogP contribution in [0.15, 0.2) is 30.3 Å². The van der Waals surface area contributed by atoms with Crippen molar-refractivity contribution in [3.05, 3.63) is 52.8 Å². The van der Waals surface area contributed by atoms with E-state index in [2.05, 4.69) is 45.1 Å². The quantitative estimate of drug-likeness (QED) is 0.795. The Hall–Kier alpha value is -1.85. The first-order chi connectivity index (χ1) is 11.3. The van der Waals surface area contributed by atoms with Crippen molar-refractivity contribution in [1.82, 2.24) is 20.8 Å². The fourth-order valence-corrected chi connectivity index (χ4v) is 3.71. The third kappa shape index (κ3) is 2.94. The van der Waals surface area contributed by atoms with E-state index in [1.165, 1.54) is 12.0 Å². The van der Waals surface area contributed by atoms with Gasteiger partial charge in [-0.15, -0.1) is 12.4 Å². The average molecular weight is 347 g/mol. The third-order valence-corrected chi connectivity index (χ3v) is 5.31. The number of amides is 1. The van der Waals surface area contributed by atoms with Gasteiger partial charge in [0, 0.05) is 42.7 Å².